The van der Waals surface area contributed by atoms with Gasteiger partial charge in [0.2, 0.25) is 0 Å². The number of nitrogens with zero attached hydrogens (tertiary/aromatic N) is 1. The third-order valence-electron chi connectivity index (χ3n) is 5.47. The highest BCUT2D eigenvalue weighted by atomic mass is 16.1. The highest BCUT2D eigenvalue weighted by molar-refractivity contribution is 5.79. The Bertz CT molecular complexity index is 945. The van der Waals surface area contributed by atoms with E-state index in [4.69, 9.17) is 0 Å². The lowest BCUT2D eigenvalue weighted by Crippen LogP contribution is -2.24. The highest BCUT2D eigenvalue weighted by Crippen LogP contribution is 2.36. The first kappa shape index (κ1) is 17.0. The lowest BCUT2D eigenvalue weighted by molar-refractivity contribution is 0.192. The quantitative estimate of drug-likeness (QED) is 0.625. The van der Waals surface area contributed by atoms with E-state index >= 15 is 0 Å². The number of aromatic nitrogens is 1. The molecular formula is C23H26N2O. The van der Waals surface area contributed by atoms with Crippen molar-refractivity contribution in [2.45, 2.75) is 51.7 Å². The van der Waals surface area contributed by atoms with E-state index in [0.29, 0.717) is 0 Å². The zero-order valence-electron chi connectivity index (χ0n) is 15.4. The van der Waals surface area contributed by atoms with Crippen LogP contribution in [0.15, 0.2) is 59.4 Å². The number of hydrogen-bond acceptors (Lipinski definition) is 2. The summed E-state index contributed by atoms with van der Waals surface area (Å²) in [5.41, 5.74) is 4.57. The molecule has 1 N–H and O–H groups in total. The van der Waals surface area contributed by atoms with Gasteiger partial charge in [-0.25, -0.2) is 0 Å². The van der Waals surface area contributed by atoms with Gasteiger partial charge >= 0.3 is 0 Å². The second-order valence-corrected chi connectivity index (χ2v) is 7.29. The molecule has 2 heterocycles. The molecule has 1 atom stereocenters. The van der Waals surface area contributed by atoms with Gasteiger partial charge in [-0.3, -0.25) is 9.69 Å². The molecule has 26 heavy (non-hydrogen) atoms. The number of hydrogen-bond donors (Lipinski definition) is 1. The maximum absolute atomic E-state index is 13.2. The summed E-state index contributed by atoms with van der Waals surface area (Å²) >= 11 is 0. The average molecular weight is 346 g/mol. The van der Waals surface area contributed by atoms with E-state index in [0.717, 1.165) is 48.1 Å². The van der Waals surface area contributed by atoms with E-state index in [1.165, 1.54) is 18.4 Å². The Kier molecular flexibility index (Phi) is 4.89. The summed E-state index contributed by atoms with van der Waals surface area (Å²) in [4.78, 5) is 19.2. The zero-order valence-corrected chi connectivity index (χ0v) is 15.4. The maximum Gasteiger partial charge on any atom is 0.194 e. The standard InChI is InChI=1S/C23H26N2O/c1-2-3-5-14-21-22-20(16-25(21)15-17-10-6-4-7-11-17)24-19-13-9-8-12-18(19)23(22)26/h4,6-13,21H,2-3,5,14-16H2,1H3,(H,24,26). The molecule has 0 saturated heterocycles. The van der Waals surface area contributed by atoms with Crippen molar-refractivity contribution in [2.75, 3.05) is 0 Å². The first-order valence-electron chi connectivity index (χ1n) is 9.69. The molecular weight excluding hydrogens is 320 g/mol. The number of fused-ring (bicyclic) bond motifs is 2. The Morgan fingerprint density at radius 2 is 1.81 bits per heavy atom. The largest absolute Gasteiger partial charge is 0.357 e. The van der Waals surface area contributed by atoms with Gasteiger partial charge in [0.15, 0.2) is 5.43 Å². The Labute approximate surface area is 154 Å². The van der Waals surface area contributed by atoms with Crippen LogP contribution in [0.3, 0.4) is 0 Å². The van der Waals surface area contributed by atoms with Crippen molar-refractivity contribution in [3.05, 3.63) is 81.6 Å². The number of benzene rings is 2. The number of nitrogens with one attached hydrogen (secondary N) is 1. The normalized spacial score (nSPS) is 16.9. The van der Waals surface area contributed by atoms with Gasteiger partial charge in [-0.1, -0.05) is 68.7 Å². The minimum atomic E-state index is 0.213. The molecule has 0 amide bonds. The fraction of sp³-hybridized carbons (Fsp3) is 0.348. The summed E-state index contributed by atoms with van der Waals surface area (Å²) in [7, 11) is 0. The Hall–Kier alpha value is -2.39. The van der Waals surface area contributed by atoms with Crippen molar-refractivity contribution in [2.24, 2.45) is 0 Å². The fourth-order valence-electron chi connectivity index (χ4n) is 4.17. The fourth-order valence-corrected chi connectivity index (χ4v) is 4.17. The number of unbranched alkanes of at least 4 members (excludes halogenated alkanes) is 2. The minimum absolute atomic E-state index is 0.213. The van der Waals surface area contributed by atoms with E-state index < -0.39 is 0 Å². The lowest BCUT2D eigenvalue weighted by atomic mass is 9.99. The summed E-state index contributed by atoms with van der Waals surface area (Å²) < 4.78 is 0. The smallest absolute Gasteiger partial charge is 0.194 e. The van der Waals surface area contributed by atoms with Gasteiger partial charge in [0, 0.05) is 41.3 Å². The predicted molar refractivity (Wildman–Crippen MR) is 107 cm³/mol. The molecule has 3 aromatic rings. The molecule has 1 aliphatic rings. The lowest BCUT2D eigenvalue weighted by Gasteiger charge is -2.24. The van der Waals surface area contributed by atoms with Gasteiger partial charge in [0.05, 0.1) is 0 Å². The number of aromatic amines is 1. The third-order valence-corrected chi connectivity index (χ3v) is 5.47. The molecule has 0 aliphatic carbocycles. The van der Waals surface area contributed by atoms with E-state index in [1.54, 1.807) is 0 Å². The molecule has 0 radical (unpaired) electrons. The van der Waals surface area contributed by atoms with E-state index in [-0.39, 0.29) is 11.5 Å². The van der Waals surface area contributed by atoms with Gasteiger partial charge in [-0.05, 0) is 24.1 Å². The molecule has 1 aromatic heterocycles. The molecule has 4 rings (SSSR count). The summed E-state index contributed by atoms with van der Waals surface area (Å²) in [6.45, 7) is 3.93. The molecule has 2 aromatic carbocycles. The molecule has 3 heteroatoms. The van der Waals surface area contributed by atoms with Crippen LogP contribution in [0.4, 0.5) is 0 Å². The van der Waals surface area contributed by atoms with Gasteiger partial charge in [0.25, 0.3) is 0 Å². The molecule has 0 fully saturated rings. The van der Waals surface area contributed by atoms with Crippen LogP contribution in [0.25, 0.3) is 10.9 Å². The Morgan fingerprint density at radius 1 is 1.04 bits per heavy atom. The van der Waals surface area contributed by atoms with Gasteiger partial charge in [-0.2, -0.15) is 0 Å². The average Bonchev–Trinajstić information content (AvgIpc) is 3.00. The highest BCUT2D eigenvalue weighted by Gasteiger charge is 2.33. The monoisotopic (exact) mass is 346 g/mol. The van der Waals surface area contributed by atoms with Crippen LogP contribution in [0.1, 0.15) is 55.5 Å². The van der Waals surface area contributed by atoms with Crippen LogP contribution in [-0.2, 0) is 13.1 Å². The van der Waals surface area contributed by atoms with Crippen LogP contribution < -0.4 is 5.43 Å². The van der Waals surface area contributed by atoms with Crippen molar-refractivity contribution >= 4 is 10.9 Å². The molecule has 0 saturated carbocycles. The van der Waals surface area contributed by atoms with Crippen molar-refractivity contribution in [1.29, 1.82) is 0 Å². The van der Waals surface area contributed by atoms with Crippen LogP contribution >= 0.6 is 0 Å². The second-order valence-electron chi connectivity index (χ2n) is 7.29. The summed E-state index contributed by atoms with van der Waals surface area (Å²) in [5, 5.41) is 0.813. The zero-order chi connectivity index (χ0) is 17.9. The number of para-hydroxylation sites is 1. The van der Waals surface area contributed by atoms with Crippen LogP contribution in [0.2, 0.25) is 0 Å². The second kappa shape index (κ2) is 7.46. The molecule has 3 nitrogen and oxygen atoms in total. The topological polar surface area (TPSA) is 36.1 Å². The van der Waals surface area contributed by atoms with Gasteiger partial charge in [0.1, 0.15) is 0 Å². The first-order chi connectivity index (χ1) is 12.8. The Balaban J connectivity index is 1.72. The minimum Gasteiger partial charge on any atom is -0.357 e. The van der Waals surface area contributed by atoms with Gasteiger partial charge in [-0.15, -0.1) is 0 Å². The van der Waals surface area contributed by atoms with E-state index in [1.807, 2.05) is 24.3 Å². The van der Waals surface area contributed by atoms with Crippen LogP contribution in [0.5, 0.6) is 0 Å². The van der Waals surface area contributed by atoms with Crippen LogP contribution in [-0.4, -0.2) is 9.88 Å². The molecule has 134 valence electrons. The molecule has 1 aliphatic heterocycles. The van der Waals surface area contributed by atoms with Crippen molar-refractivity contribution in [3.63, 3.8) is 0 Å². The summed E-state index contributed by atoms with van der Waals surface area (Å²) in [5.74, 6) is 0. The molecule has 1 unspecified atom stereocenters. The van der Waals surface area contributed by atoms with Crippen molar-refractivity contribution < 1.29 is 0 Å². The van der Waals surface area contributed by atoms with Gasteiger partial charge < -0.3 is 4.98 Å². The predicted octanol–water partition coefficient (Wildman–Crippen LogP) is 5.17. The summed E-state index contributed by atoms with van der Waals surface area (Å²) in [6, 6.07) is 18.7. The first-order valence-corrected chi connectivity index (χ1v) is 9.69. The van der Waals surface area contributed by atoms with E-state index in [9.17, 15) is 4.79 Å². The number of H-pyrrole nitrogens is 1. The number of pyridine rings is 1. The SMILES string of the molecule is CCCCCC1c2c([nH]c3ccccc3c2=O)CN1Cc1ccccc1. The molecule has 0 spiro atoms. The molecule has 0 bridgehead atoms. The summed E-state index contributed by atoms with van der Waals surface area (Å²) in [6.07, 6.45) is 4.64. The maximum atomic E-state index is 13.2. The van der Waals surface area contributed by atoms with Crippen LogP contribution in [0, 0.1) is 0 Å². The van der Waals surface area contributed by atoms with Crippen molar-refractivity contribution in [3.8, 4) is 0 Å². The van der Waals surface area contributed by atoms with E-state index in [2.05, 4.69) is 47.1 Å². The Morgan fingerprint density at radius 3 is 2.62 bits per heavy atom. The van der Waals surface area contributed by atoms with Crippen molar-refractivity contribution in [1.82, 2.24) is 9.88 Å². The number of rotatable bonds is 6. The third kappa shape index (κ3) is 3.19.